The highest BCUT2D eigenvalue weighted by Gasteiger charge is 2.18. The summed E-state index contributed by atoms with van der Waals surface area (Å²) < 4.78 is 21.7. The summed E-state index contributed by atoms with van der Waals surface area (Å²) in [5.74, 6) is -1.53. The first-order chi connectivity index (χ1) is 8.26. The van der Waals surface area contributed by atoms with Crippen LogP contribution in [0.3, 0.4) is 0 Å². The fraction of sp³-hybridized carbons (Fsp3) is 0.818. The molecule has 0 aliphatic carbocycles. The van der Waals surface area contributed by atoms with Crippen LogP contribution in [0.1, 0.15) is 39.0 Å². The fourth-order valence-electron chi connectivity index (χ4n) is 1.43. The van der Waals surface area contributed by atoms with E-state index in [4.69, 9.17) is 5.11 Å². The Morgan fingerprint density at radius 1 is 1.28 bits per heavy atom. The van der Waals surface area contributed by atoms with E-state index in [0.29, 0.717) is 6.42 Å². The SMILES string of the molecule is CCCC[C@H](NC(=O)CCCS(C)(=O)=O)C(=O)O. The molecule has 0 aromatic carbocycles. The minimum Gasteiger partial charge on any atom is -0.480 e. The van der Waals surface area contributed by atoms with E-state index < -0.39 is 27.8 Å². The van der Waals surface area contributed by atoms with Gasteiger partial charge < -0.3 is 10.4 Å². The number of sulfone groups is 1. The Balaban J connectivity index is 4.06. The van der Waals surface area contributed by atoms with Gasteiger partial charge in [0.05, 0.1) is 5.75 Å². The zero-order valence-corrected chi connectivity index (χ0v) is 11.6. The van der Waals surface area contributed by atoms with Gasteiger partial charge in [-0.1, -0.05) is 19.8 Å². The lowest BCUT2D eigenvalue weighted by Gasteiger charge is -2.13. The second-order valence-corrected chi connectivity index (χ2v) is 6.59. The van der Waals surface area contributed by atoms with Gasteiger partial charge in [0, 0.05) is 12.7 Å². The molecule has 7 heteroatoms. The van der Waals surface area contributed by atoms with Crippen molar-refractivity contribution in [1.82, 2.24) is 5.32 Å². The Kier molecular flexibility index (Phi) is 7.58. The maximum absolute atomic E-state index is 11.4. The van der Waals surface area contributed by atoms with Crippen LogP contribution in [-0.4, -0.2) is 43.5 Å². The molecule has 106 valence electrons. The Morgan fingerprint density at radius 2 is 1.89 bits per heavy atom. The van der Waals surface area contributed by atoms with Crippen molar-refractivity contribution in [3.63, 3.8) is 0 Å². The molecular formula is C11H21NO5S. The van der Waals surface area contributed by atoms with Crippen LogP contribution in [0.5, 0.6) is 0 Å². The number of rotatable bonds is 9. The average Bonchev–Trinajstić information content (AvgIpc) is 2.21. The fourth-order valence-corrected chi connectivity index (χ4v) is 2.10. The predicted molar refractivity (Wildman–Crippen MR) is 68.0 cm³/mol. The molecule has 0 radical (unpaired) electrons. The quantitative estimate of drug-likeness (QED) is 0.642. The summed E-state index contributed by atoms with van der Waals surface area (Å²) in [6, 6.07) is -0.879. The third-order valence-corrected chi connectivity index (χ3v) is 3.43. The zero-order chi connectivity index (χ0) is 14.2. The largest absolute Gasteiger partial charge is 0.480 e. The second-order valence-electron chi connectivity index (χ2n) is 4.33. The molecular weight excluding hydrogens is 258 g/mol. The van der Waals surface area contributed by atoms with Gasteiger partial charge in [-0.3, -0.25) is 4.79 Å². The lowest BCUT2D eigenvalue weighted by atomic mass is 10.1. The molecule has 0 aromatic heterocycles. The van der Waals surface area contributed by atoms with E-state index in [1.165, 1.54) is 0 Å². The van der Waals surface area contributed by atoms with Gasteiger partial charge >= 0.3 is 5.97 Å². The van der Waals surface area contributed by atoms with E-state index in [0.717, 1.165) is 19.1 Å². The topological polar surface area (TPSA) is 101 Å². The number of hydrogen-bond acceptors (Lipinski definition) is 4. The van der Waals surface area contributed by atoms with Crippen LogP contribution >= 0.6 is 0 Å². The van der Waals surface area contributed by atoms with Crippen LogP contribution in [-0.2, 0) is 19.4 Å². The predicted octanol–water partition coefficient (Wildman–Crippen LogP) is 0.571. The number of hydrogen-bond donors (Lipinski definition) is 2. The number of carboxylic acids is 1. The summed E-state index contributed by atoms with van der Waals surface area (Å²) in [5.41, 5.74) is 0. The first-order valence-electron chi connectivity index (χ1n) is 5.96. The minimum atomic E-state index is -3.08. The summed E-state index contributed by atoms with van der Waals surface area (Å²) in [4.78, 5) is 22.3. The van der Waals surface area contributed by atoms with Gasteiger partial charge in [0.15, 0.2) is 0 Å². The van der Waals surface area contributed by atoms with Crippen LogP contribution in [0.15, 0.2) is 0 Å². The number of carbonyl (C=O) groups excluding carboxylic acids is 1. The van der Waals surface area contributed by atoms with E-state index in [1.807, 2.05) is 6.92 Å². The zero-order valence-electron chi connectivity index (χ0n) is 10.8. The van der Waals surface area contributed by atoms with Gasteiger partial charge in [0.25, 0.3) is 0 Å². The molecule has 1 atom stereocenters. The van der Waals surface area contributed by atoms with E-state index in [-0.39, 0.29) is 18.6 Å². The van der Waals surface area contributed by atoms with Gasteiger partial charge in [0.2, 0.25) is 5.91 Å². The van der Waals surface area contributed by atoms with Gasteiger partial charge in [-0.15, -0.1) is 0 Å². The van der Waals surface area contributed by atoms with E-state index >= 15 is 0 Å². The maximum Gasteiger partial charge on any atom is 0.326 e. The van der Waals surface area contributed by atoms with Crippen LogP contribution in [0.2, 0.25) is 0 Å². The van der Waals surface area contributed by atoms with Crippen molar-refractivity contribution in [2.24, 2.45) is 0 Å². The van der Waals surface area contributed by atoms with Crippen molar-refractivity contribution in [2.75, 3.05) is 12.0 Å². The molecule has 0 saturated heterocycles. The third-order valence-electron chi connectivity index (χ3n) is 2.40. The molecule has 0 aliphatic heterocycles. The summed E-state index contributed by atoms with van der Waals surface area (Å²) in [6.45, 7) is 1.94. The number of aliphatic carboxylic acids is 1. The summed E-state index contributed by atoms with van der Waals surface area (Å²) in [7, 11) is -3.08. The molecule has 0 spiro atoms. The van der Waals surface area contributed by atoms with E-state index in [9.17, 15) is 18.0 Å². The highest BCUT2D eigenvalue weighted by Crippen LogP contribution is 2.02. The molecule has 0 rings (SSSR count). The average molecular weight is 279 g/mol. The van der Waals surface area contributed by atoms with Crippen LogP contribution in [0, 0.1) is 0 Å². The molecule has 0 unspecified atom stereocenters. The molecule has 0 fully saturated rings. The highest BCUT2D eigenvalue weighted by molar-refractivity contribution is 7.90. The third kappa shape index (κ3) is 8.98. The first kappa shape index (κ1) is 16.9. The van der Waals surface area contributed by atoms with Crippen molar-refractivity contribution in [2.45, 2.75) is 45.1 Å². The summed E-state index contributed by atoms with van der Waals surface area (Å²) >= 11 is 0. The Hall–Kier alpha value is -1.11. The normalized spacial score (nSPS) is 13.0. The van der Waals surface area contributed by atoms with Crippen molar-refractivity contribution >= 4 is 21.7 Å². The molecule has 1 amide bonds. The van der Waals surface area contributed by atoms with Gasteiger partial charge in [-0.05, 0) is 12.8 Å². The number of carboxylic acid groups (broad SMARTS) is 1. The van der Waals surface area contributed by atoms with Gasteiger partial charge in [0.1, 0.15) is 15.9 Å². The molecule has 18 heavy (non-hydrogen) atoms. The molecule has 0 saturated carbocycles. The van der Waals surface area contributed by atoms with Crippen LogP contribution in [0.4, 0.5) is 0 Å². The first-order valence-corrected chi connectivity index (χ1v) is 8.02. The molecule has 0 heterocycles. The maximum atomic E-state index is 11.4. The molecule has 0 aromatic rings. The summed E-state index contributed by atoms with van der Waals surface area (Å²) in [5, 5.41) is 11.3. The second kappa shape index (κ2) is 8.07. The molecule has 0 aliphatic rings. The number of nitrogens with one attached hydrogen (secondary N) is 1. The van der Waals surface area contributed by atoms with Crippen molar-refractivity contribution in [1.29, 1.82) is 0 Å². The number of carbonyl (C=O) groups is 2. The van der Waals surface area contributed by atoms with Crippen molar-refractivity contribution in [3.8, 4) is 0 Å². The van der Waals surface area contributed by atoms with Gasteiger partial charge in [-0.2, -0.15) is 0 Å². The molecule has 2 N–H and O–H groups in total. The standard InChI is InChI=1S/C11H21NO5S/c1-3-4-6-9(11(14)15)12-10(13)7-5-8-18(2,16)17/h9H,3-8H2,1-2H3,(H,12,13)(H,14,15)/t9-/m0/s1. The lowest BCUT2D eigenvalue weighted by molar-refractivity contribution is -0.142. The van der Waals surface area contributed by atoms with E-state index in [2.05, 4.69) is 5.32 Å². The monoisotopic (exact) mass is 279 g/mol. The van der Waals surface area contributed by atoms with Gasteiger partial charge in [-0.25, -0.2) is 13.2 Å². The lowest BCUT2D eigenvalue weighted by Crippen LogP contribution is -2.40. The molecule has 6 nitrogen and oxygen atoms in total. The van der Waals surface area contributed by atoms with E-state index in [1.54, 1.807) is 0 Å². The highest BCUT2D eigenvalue weighted by atomic mass is 32.2. The van der Waals surface area contributed by atoms with Crippen LogP contribution < -0.4 is 5.32 Å². The Bertz CT molecular complexity index is 377. The van der Waals surface area contributed by atoms with Crippen molar-refractivity contribution in [3.05, 3.63) is 0 Å². The number of unbranched alkanes of at least 4 members (excludes halogenated alkanes) is 1. The van der Waals surface area contributed by atoms with Crippen molar-refractivity contribution < 1.29 is 23.1 Å². The Labute approximate surface area is 108 Å². The smallest absolute Gasteiger partial charge is 0.326 e. The minimum absolute atomic E-state index is 0.0307. The van der Waals surface area contributed by atoms with Crippen LogP contribution in [0.25, 0.3) is 0 Å². The number of amides is 1. The molecule has 0 bridgehead atoms. The Morgan fingerprint density at radius 3 is 2.33 bits per heavy atom. The summed E-state index contributed by atoms with van der Waals surface area (Å²) in [6.07, 6.45) is 3.32.